The second-order valence-electron chi connectivity index (χ2n) is 2.43. The van der Waals surface area contributed by atoms with Crippen molar-refractivity contribution in [2.45, 2.75) is 6.92 Å². The van der Waals surface area contributed by atoms with E-state index in [9.17, 15) is 0 Å². The topological polar surface area (TPSA) is 43.6 Å². The summed E-state index contributed by atoms with van der Waals surface area (Å²) in [6.07, 6.45) is 5.15. The highest BCUT2D eigenvalue weighted by Crippen LogP contribution is 2.00. The molecule has 0 amide bonds. The summed E-state index contributed by atoms with van der Waals surface area (Å²) in [6.45, 7) is 9.39. The van der Waals surface area contributed by atoms with Gasteiger partial charge < -0.3 is 0 Å². The van der Waals surface area contributed by atoms with Crippen LogP contribution in [0, 0.1) is 0 Å². The van der Waals surface area contributed by atoms with Crippen LogP contribution in [-0.4, -0.2) is 20.2 Å². The van der Waals surface area contributed by atoms with Crippen LogP contribution in [0.3, 0.4) is 0 Å². The second-order valence-corrected chi connectivity index (χ2v) is 2.43. The quantitative estimate of drug-likeness (QED) is 0.629. The molecule has 0 saturated carbocycles. The third kappa shape index (κ3) is 2.16. The van der Waals surface area contributed by atoms with Crippen LogP contribution < -0.4 is 0 Å². The summed E-state index contributed by atoms with van der Waals surface area (Å²) in [5.74, 6) is 0. The Morgan fingerprint density at radius 2 is 2.17 bits per heavy atom. The first-order chi connectivity index (χ1) is 5.70. The molecule has 62 valence electrons. The van der Waals surface area contributed by atoms with E-state index >= 15 is 0 Å². The molecule has 0 fully saturated rings. The molecule has 1 heterocycles. The summed E-state index contributed by atoms with van der Waals surface area (Å²) in [6, 6.07) is 0. The average Bonchev–Trinajstić information content (AvgIpc) is 2.51. The SMILES string of the molecule is C=C(C)/C=C\C(=C)n1cnnn1. The zero-order valence-electron chi connectivity index (χ0n) is 6.94. The van der Waals surface area contributed by atoms with E-state index < -0.39 is 0 Å². The minimum absolute atomic E-state index is 0.711. The van der Waals surface area contributed by atoms with Crippen LogP contribution in [0.1, 0.15) is 6.92 Å². The molecule has 0 aromatic carbocycles. The van der Waals surface area contributed by atoms with E-state index in [-0.39, 0.29) is 0 Å². The van der Waals surface area contributed by atoms with Crippen molar-refractivity contribution in [3.63, 3.8) is 0 Å². The van der Waals surface area contributed by atoms with Gasteiger partial charge >= 0.3 is 0 Å². The van der Waals surface area contributed by atoms with Gasteiger partial charge in [0.25, 0.3) is 0 Å². The Bertz CT molecular complexity index is 308. The smallest absolute Gasteiger partial charge is 0.143 e. The molecule has 0 spiro atoms. The molecule has 1 aromatic rings. The first-order valence-electron chi connectivity index (χ1n) is 3.46. The maximum absolute atomic E-state index is 3.76. The molecule has 0 bridgehead atoms. The highest BCUT2D eigenvalue weighted by atomic mass is 15.5. The van der Waals surface area contributed by atoms with Gasteiger partial charge in [0, 0.05) is 0 Å². The van der Waals surface area contributed by atoms with Gasteiger partial charge in [0.05, 0.1) is 5.70 Å². The summed E-state index contributed by atoms with van der Waals surface area (Å²) in [5, 5.41) is 10.6. The number of hydrogen-bond donors (Lipinski definition) is 0. The summed E-state index contributed by atoms with van der Waals surface area (Å²) in [5.41, 5.74) is 1.67. The van der Waals surface area contributed by atoms with Crippen molar-refractivity contribution in [2.75, 3.05) is 0 Å². The fourth-order valence-corrected chi connectivity index (χ4v) is 0.608. The molecule has 0 aliphatic rings. The standard InChI is InChI=1S/C8H10N4/c1-7(2)4-5-8(3)12-6-9-10-11-12/h4-6H,1,3H2,2H3/b5-4-. The van der Waals surface area contributed by atoms with E-state index in [0.29, 0.717) is 5.70 Å². The fraction of sp³-hybridized carbons (Fsp3) is 0.125. The summed E-state index contributed by atoms with van der Waals surface area (Å²) < 4.78 is 1.49. The van der Waals surface area contributed by atoms with Crippen molar-refractivity contribution in [1.29, 1.82) is 0 Å². The van der Waals surface area contributed by atoms with Gasteiger partial charge in [0.2, 0.25) is 0 Å². The number of hydrogen-bond acceptors (Lipinski definition) is 3. The monoisotopic (exact) mass is 162 g/mol. The molecule has 0 unspecified atom stereocenters. The number of nitrogens with zero attached hydrogens (tertiary/aromatic N) is 4. The zero-order chi connectivity index (χ0) is 8.97. The Morgan fingerprint density at radius 1 is 1.42 bits per heavy atom. The summed E-state index contributed by atoms with van der Waals surface area (Å²) in [7, 11) is 0. The molecule has 0 radical (unpaired) electrons. The first-order valence-corrected chi connectivity index (χ1v) is 3.46. The van der Waals surface area contributed by atoms with Gasteiger partial charge in [0.1, 0.15) is 6.33 Å². The maximum Gasteiger partial charge on any atom is 0.143 e. The third-order valence-electron chi connectivity index (χ3n) is 1.20. The van der Waals surface area contributed by atoms with Gasteiger partial charge in [-0.3, -0.25) is 0 Å². The lowest BCUT2D eigenvalue weighted by Crippen LogP contribution is -1.93. The molecular formula is C8H10N4. The Labute approximate surface area is 70.9 Å². The largest absolute Gasteiger partial charge is 0.201 e. The molecule has 0 N–H and O–H groups in total. The summed E-state index contributed by atoms with van der Waals surface area (Å²) in [4.78, 5) is 0. The third-order valence-corrected chi connectivity index (χ3v) is 1.20. The van der Waals surface area contributed by atoms with Crippen LogP contribution in [-0.2, 0) is 0 Å². The molecule has 0 saturated heterocycles. The number of tetrazole rings is 1. The summed E-state index contributed by atoms with van der Waals surface area (Å²) >= 11 is 0. The van der Waals surface area contributed by atoms with Crippen LogP contribution in [0.15, 0.2) is 37.2 Å². The van der Waals surface area contributed by atoms with E-state index in [0.717, 1.165) is 5.57 Å². The molecule has 1 rings (SSSR count). The molecular weight excluding hydrogens is 152 g/mol. The molecule has 0 aliphatic heterocycles. The molecule has 0 aliphatic carbocycles. The van der Waals surface area contributed by atoms with Crippen molar-refractivity contribution in [3.8, 4) is 0 Å². The van der Waals surface area contributed by atoms with Crippen LogP contribution in [0.25, 0.3) is 5.70 Å². The number of allylic oxidation sites excluding steroid dienone is 4. The molecule has 0 atom stereocenters. The van der Waals surface area contributed by atoms with Crippen LogP contribution in [0.5, 0.6) is 0 Å². The van der Waals surface area contributed by atoms with E-state index in [1.54, 1.807) is 6.08 Å². The minimum Gasteiger partial charge on any atom is -0.201 e. The highest BCUT2D eigenvalue weighted by Gasteiger charge is 1.92. The predicted molar refractivity (Wildman–Crippen MR) is 47.1 cm³/mol. The lowest BCUT2D eigenvalue weighted by molar-refractivity contribution is 0.807. The van der Waals surface area contributed by atoms with E-state index in [2.05, 4.69) is 28.7 Å². The van der Waals surface area contributed by atoms with Gasteiger partial charge in [0.15, 0.2) is 0 Å². The van der Waals surface area contributed by atoms with Crippen molar-refractivity contribution < 1.29 is 0 Å². The van der Waals surface area contributed by atoms with Gasteiger partial charge in [-0.25, -0.2) is 4.68 Å². The Hall–Kier alpha value is -1.71. The van der Waals surface area contributed by atoms with Crippen molar-refractivity contribution in [2.24, 2.45) is 0 Å². The predicted octanol–water partition coefficient (Wildman–Crippen LogP) is 1.28. The molecule has 4 heteroatoms. The molecule has 12 heavy (non-hydrogen) atoms. The van der Waals surface area contributed by atoms with Crippen molar-refractivity contribution >= 4 is 5.70 Å². The Kier molecular flexibility index (Phi) is 2.53. The van der Waals surface area contributed by atoms with Gasteiger partial charge in [-0.2, -0.15) is 0 Å². The highest BCUT2D eigenvalue weighted by molar-refractivity contribution is 5.53. The average molecular weight is 162 g/mol. The zero-order valence-corrected chi connectivity index (χ0v) is 6.94. The van der Waals surface area contributed by atoms with Gasteiger partial charge in [-0.05, 0) is 23.4 Å². The first kappa shape index (κ1) is 8.39. The van der Waals surface area contributed by atoms with Crippen LogP contribution >= 0.6 is 0 Å². The number of aromatic nitrogens is 4. The fourth-order valence-electron chi connectivity index (χ4n) is 0.608. The van der Waals surface area contributed by atoms with Crippen LogP contribution in [0.2, 0.25) is 0 Å². The lowest BCUT2D eigenvalue weighted by Gasteiger charge is -1.94. The van der Waals surface area contributed by atoms with E-state index in [1.807, 2.05) is 13.0 Å². The number of rotatable bonds is 3. The molecule has 4 nitrogen and oxygen atoms in total. The van der Waals surface area contributed by atoms with E-state index in [1.165, 1.54) is 11.0 Å². The van der Waals surface area contributed by atoms with E-state index in [4.69, 9.17) is 0 Å². The molecule has 1 aromatic heterocycles. The maximum atomic E-state index is 3.76. The van der Waals surface area contributed by atoms with Gasteiger partial charge in [-0.15, -0.1) is 5.10 Å². The normalized spacial score (nSPS) is 10.4. The van der Waals surface area contributed by atoms with Crippen molar-refractivity contribution in [1.82, 2.24) is 20.2 Å². The van der Waals surface area contributed by atoms with Gasteiger partial charge in [-0.1, -0.05) is 24.8 Å². The second kappa shape index (κ2) is 3.61. The van der Waals surface area contributed by atoms with Crippen molar-refractivity contribution in [3.05, 3.63) is 37.2 Å². The van der Waals surface area contributed by atoms with Crippen LogP contribution in [0.4, 0.5) is 0 Å². The Morgan fingerprint density at radius 3 is 2.67 bits per heavy atom. The Balaban J connectivity index is 2.68. The minimum atomic E-state index is 0.711. The lowest BCUT2D eigenvalue weighted by atomic mass is 10.3.